The van der Waals surface area contributed by atoms with Gasteiger partial charge in [0.25, 0.3) is 5.91 Å². The van der Waals surface area contributed by atoms with E-state index in [9.17, 15) is 22.4 Å². The lowest BCUT2D eigenvalue weighted by atomic mass is 10.2. The molecule has 2 N–H and O–H groups in total. The SMILES string of the molecule is O=C(O)CNC(=O)c1cc(Br)cc(S(=O)(=O)c2cc(F)cc(Br)c2)c1. The van der Waals surface area contributed by atoms with E-state index < -0.39 is 34.1 Å². The second kappa shape index (κ2) is 7.63. The maximum atomic E-state index is 13.5. The molecule has 0 radical (unpaired) electrons. The van der Waals surface area contributed by atoms with Crippen molar-refractivity contribution < 1.29 is 27.5 Å². The fourth-order valence-corrected chi connectivity index (χ4v) is 4.57. The lowest BCUT2D eigenvalue weighted by Gasteiger charge is -2.09. The zero-order valence-corrected chi connectivity index (χ0v) is 16.3. The van der Waals surface area contributed by atoms with Gasteiger partial charge in [-0.15, -0.1) is 0 Å². The van der Waals surface area contributed by atoms with Crippen molar-refractivity contribution in [1.82, 2.24) is 5.32 Å². The summed E-state index contributed by atoms with van der Waals surface area (Å²) >= 11 is 6.14. The fourth-order valence-electron chi connectivity index (χ4n) is 1.93. The van der Waals surface area contributed by atoms with Gasteiger partial charge in [-0.3, -0.25) is 9.59 Å². The van der Waals surface area contributed by atoms with Crippen LogP contribution in [0.5, 0.6) is 0 Å². The maximum Gasteiger partial charge on any atom is 0.322 e. The molecule has 0 saturated heterocycles. The van der Waals surface area contributed by atoms with Crippen LogP contribution >= 0.6 is 31.9 Å². The highest BCUT2D eigenvalue weighted by Crippen LogP contribution is 2.28. The average molecular weight is 495 g/mol. The van der Waals surface area contributed by atoms with Crippen molar-refractivity contribution in [1.29, 1.82) is 0 Å². The van der Waals surface area contributed by atoms with Gasteiger partial charge in [0.1, 0.15) is 12.4 Å². The molecule has 0 fully saturated rings. The summed E-state index contributed by atoms with van der Waals surface area (Å²) in [4.78, 5) is 22.0. The van der Waals surface area contributed by atoms with Crippen LogP contribution in [0, 0.1) is 5.82 Å². The third-order valence-corrected chi connectivity index (χ3v) is 5.62. The molecule has 0 aliphatic carbocycles. The zero-order valence-electron chi connectivity index (χ0n) is 12.3. The first-order chi connectivity index (χ1) is 11.6. The molecular formula is C15H10Br2FNO5S. The van der Waals surface area contributed by atoms with Crippen LogP contribution in [0.2, 0.25) is 0 Å². The second-order valence-electron chi connectivity index (χ2n) is 4.86. The smallest absolute Gasteiger partial charge is 0.322 e. The van der Waals surface area contributed by atoms with Crippen LogP contribution in [0.4, 0.5) is 4.39 Å². The molecule has 0 saturated carbocycles. The van der Waals surface area contributed by atoms with Crippen LogP contribution in [-0.2, 0) is 14.6 Å². The standard InChI is InChI=1S/C15H10Br2FNO5S/c16-9-1-8(15(22)19-7-14(20)21)2-12(4-9)25(23,24)13-5-10(17)3-11(18)6-13/h1-6H,7H2,(H,19,22)(H,20,21). The predicted octanol–water partition coefficient (Wildman–Crippen LogP) is 3.00. The highest BCUT2D eigenvalue weighted by molar-refractivity contribution is 9.10. The predicted molar refractivity (Wildman–Crippen MR) is 93.7 cm³/mol. The summed E-state index contributed by atoms with van der Waals surface area (Å²) in [7, 11) is -4.09. The lowest BCUT2D eigenvalue weighted by molar-refractivity contribution is -0.135. The minimum Gasteiger partial charge on any atom is -0.480 e. The topological polar surface area (TPSA) is 101 Å². The van der Waals surface area contributed by atoms with Crippen molar-refractivity contribution in [3.8, 4) is 0 Å². The molecule has 25 heavy (non-hydrogen) atoms. The average Bonchev–Trinajstić information content (AvgIpc) is 2.51. The number of carboxylic acid groups (broad SMARTS) is 1. The molecule has 0 heterocycles. The van der Waals surface area contributed by atoms with E-state index in [0.717, 1.165) is 18.2 Å². The van der Waals surface area contributed by atoms with Crippen molar-refractivity contribution >= 4 is 53.6 Å². The van der Waals surface area contributed by atoms with E-state index in [2.05, 4.69) is 37.2 Å². The summed E-state index contributed by atoms with van der Waals surface area (Å²) in [5, 5.41) is 10.7. The summed E-state index contributed by atoms with van der Waals surface area (Å²) in [6.45, 7) is -0.607. The van der Waals surface area contributed by atoms with Gasteiger partial charge in [0.15, 0.2) is 0 Å². The van der Waals surface area contributed by atoms with Crippen LogP contribution in [0.3, 0.4) is 0 Å². The van der Waals surface area contributed by atoms with Crippen molar-refractivity contribution in [2.24, 2.45) is 0 Å². The molecule has 2 aromatic carbocycles. The molecule has 0 aliphatic heterocycles. The Kier molecular flexibility index (Phi) is 5.96. The first kappa shape index (κ1) is 19.5. The molecule has 6 nitrogen and oxygen atoms in total. The molecule has 0 unspecified atom stereocenters. The highest BCUT2D eigenvalue weighted by atomic mass is 79.9. The van der Waals surface area contributed by atoms with E-state index in [4.69, 9.17) is 5.11 Å². The molecule has 1 amide bonds. The monoisotopic (exact) mass is 493 g/mol. The van der Waals surface area contributed by atoms with Crippen molar-refractivity contribution in [3.05, 3.63) is 56.7 Å². The third-order valence-electron chi connectivity index (χ3n) is 2.99. The number of aliphatic carboxylic acids is 1. The van der Waals surface area contributed by atoms with Crippen molar-refractivity contribution in [2.75, 3.05) is 6.54 Å². The van der Waals surface area contributed by atoms with Gasteiger partial charge in [0.05, 0.1) is 9.79 Å². The third kappa shape index (κ3) is 4.86. The molecule has 2 aromatic rings. The minimum absolute atomic E-state index is 0.0512. The number of carboxylic acids is 1. The van der Waals surface area contributed by atoms with Crippen LogP contribution in [0.1, 0.15) is 10.4 Å². The molecular weight excluding hydrogens is 485 g/mol. The Morgan fingerprint density at radius 2 is 1.56 bits per heavy atom. The number of carbonyl (C=O) groups is 2. The Bertz CT molecular complexity index is 942. The summed E-state index contributed by atoms with van der Waals surface area (Å²) in [6.07, 6.45) is 0. The Balaban J connectivity index is 2.48. The summed E-state index contributed by atoms with van der Waals surface area (Å²) in [6, 6.07) is 6.93. The number of carbonyl (C=O) groups excluding carboxylic acids is 1. The van der Waals surface area contributed by atoms with Gasteiger partial charge >= 0.3 is 5.97 Å². The van der Waals surface area contributed by atoms with Gasteiger partial charge in [-0.25, -0.2) is 12.8 Å². The Morgan fingerprint density at radius 3 is 2.12 bits per heavy atom. The molecule has 10 heteroatoms. The lowest BCUT2D eigenvalue weighted by Crippen LogP contribution is -2.29. The van der Waals surface area contributed by atoms with Gasteiger partial charge in [-0.05, 0) is 36.4 Å². The Labute approximate surface area is 159 Å². The zero-order chi connectivity index (χ0) is 18.8. The number of rotatable bonds is 5. The van der Waals surface area contributed by atoms with Gasteiger partial charge in [-0.1, -0.05) is 31.9 Å². The number of amides is 1. The Morgan fingerprint density at radius 1 is 1.00 bits per heavy atom. The van der Waals surface area contributed by atoms with E-state index in [0.29, 0.717) is 4.47 Å². The van der Waals surface area contributed by atoms with Crippen molar-refractivity contribution in [3.63, 3.8) is 0 Å². The molecule has 0 aliphatic rings. The molecule has 2 rings (SSSR count). The van der Waals surface area contributed by atoms with Crippen LogP contribution in [0.25, 0.3) is 0 Å². The van der Waals surface area contributed by atoms with Gasteiger partial charge in [-0.2, -0.15) is 0 Å². The summed E-state index contributed by atoms with van der Waals surface area (Å²) < 4.78 is 39.5. The van der Waals surface area contributed by atoms with E-state index >= 15 is 0 Å². The first-order valence-corrected chi connectivity index (χ1v) is 9.68. The van der Waals surface area contributed by atoms with Crippen LogP contribution in [-0.4, -0.2) is 31.9 Å². The van der Waals surface area contributed by atoms with Crippen LogP contribution < -0.4 is 5.32 Å². The van der Waals surface area contributed by atoms with Crippen molar-refractivity contribution in [2.45, 2.75) is 9.79 Å². The minimum atomic E-state index is -4.09. The summed E-state index contributed by atoms with van der Waals surface area (Å²) in [5.74, 6) is -2.72. The molecule has 132 valence electrons. The molecule has 0 bridgehead atoms. The second-order valence-corrected chi connectivity index (χ2v) is 8.64. The van der Waals surface area contributed by atoms with E-state index in [1.54, 1.807) is 0 Å². The normalized spacial score (nSPS) is 11.2. The summed E-state index contributed by atoms with van der Waals surface area (Å²) in [5.41, 5.74) is -0.0512. The fraction of sp³-hybridized carbons (Fsp3) is 0.0667. The van der Waals surface area contributed by atoms with Gasteiger partial charge in [0, 0.05) is 14.5 Å². The van der Waals surface area contributed by atoms with Gasteiger partial charge in [0.2, 0.25) is 9.84 Å². The van der Waals surface area contributed by atoms with Crippen LogP contribution in [0.15, 0.2) is 55.1 Å². The number of hydrogen-bond acceptors (Lipinski definition) is 4. The number of sulfone groups is 1. The molecule has 0 spiro atoms. The number of nitrogens with one attached hydrogen (secondary N) is 1. The Hall–Kier alpha value is -1.78. The van der Waals surface area contributed by atoms with Gasteiger partial charge < -0.3 is 10.4 Å². The van der Waals surface area contributed by atoms with E-state index in [-0.39, 0.29) is 19.8 Å². The number of benzene rings is 2. The molecule has 0 aromatic heterocycles. The molecule has 0 atom stereocenters. The van der Waals surface area contributed by atoms with E-state index in [1.165, 1.54) is 18.2 Å². The first-order valence-electron chi connectivity index (χ1n) is 6.61. The number of hydrogen-bond donors (Lipinski definition) is 2. The maximum absolute atomic E-state index is 13.5. The van der Waals surface area contributed by atoms with E-state index in [1.807, 2.05) is 0 Å². The highest BCUT2D eigenvalue weighted by Gasteiger charge is 2.22. The number of halogens is 3. The largest absolute Gasteiger partial charge is 0.480 e. The quantitative estimate of drug-likeness (QED) is 0.665.